The van der Waals surface area contributed by atoms with E-state index in [1.54, 1.807) is 12.1 Å². The first-order valence-electron chi connectivity index (χ1n) is 11.4. The minimum atomic E-state index is -3.97. The molecule has 37 heavy (non-hydrogen) atoms. The Morgan fingerprint density at radius 1 is 1.11 bits per heavy atom. The number of hydrogen-bond acceptors (Lipinski definition) is 5. The van der Waals surface area contributed by atoms with Crippen LogP contribution in [0.1, 0.15) is 35.5 Å². The lowest BCUT2D eigenvalue weighted by Crippen LogP contribution is -2.32. The Balaban J connectivity index is 2.06. The number of carbonyl (C=O) groups excluding carboxylic acids is 2. The van der Waals surface area contributed by atoms with E-state index in [4.69, 9.17) is 0 Å². The van der Waals surface area contributed by atoms with Crippen molar-refractivity contribution in [2.24, 2.45) is 0 Å². The molecule has 2 aromatic heterocycles. The number of pyridine rings is 1. The van der Waals surface area contributed by atoms with Crippen molar-refractivity contribution < 1.29 is 22.4 Å². The second-order valence-electron chi connectivity index (χ2n) is 8.62. The van der Waals surface area contributed by atoms with Gasteiger partial charge in [0, 0.05) is 46.4 Å². The molecular formula is C26H25FN4O5S. The number of anilines is 1. The summed E-state index contributed by atoms with van der Waals surface area (Å²) in [6, 6.07) is 12.6. The van der Waals surface area contributed by atoms with Crippen molar-refractivity contribution in [3.63, 3.8) is 0 Å². The minimum Gasteiger partial charge on any atom is -0.331 e. The second kappa shape index (κ2) is 10.0. The van der Waals surface area contributed by atoms with Crippen LogP contribution >= 0.6 is 0 Å². The summed E-state index contributed by atoms with van der Waals surface area (Å²) < 4.78 is 42.4. The summed E-state index contributed by atoms with van der Waals surface area (Å²) in [5.74, 6) is -1.89. The summed E-state index contributed by atoms with van der Waals surface area (Å²) in [7, 11) is -3.97. The molecular weight excluding hydrogens is 499 g/mol. The van der Waals surface area contributed by atoms with Crippen molar-refractivity contribution in [2.75, 3.05) is 11.6 Å². The first-order chi connectivity index (χ1) is 17.5. The number of aromatic nitrogens is 2. The molecule has 192 valence electrons. The van der Waals surface area contributed by atoms with Gasteiger partial charge in [-0.05, 0) is 54.4 Å². The number of H-pyrrole nitrogens is 1. The Morgan fingerprint density at radius 3 is 2.51 bits per heavy atom. The van der Waals surface area contributed by atoms with E-state index >= 15 is 0 Å². The maximum atomic E-state index is 14.9. The van der Waals surface area contributed by atoms with Gasteiger partial charge in [-0.25, -0.2) is 17.5 Å². The molecule has 0 bridgehead atoms. The third-order valence-corrected chi connectivity index (χ3v) is 6.37. The molecule has 0 aliphatic heterocycles. The molecule has 0 unspecified atom stereocenters. The van der Waals surface area contributed by atoms with E-state index in [9.17, 15) is 27.2 Å². The maximum Gasteiger partial charge on any atom is 0.282 e. The van der Waals surface area contributed by atoms with Gasteiger partial charge in [-0.15, -0.1) is 0 Å². The van der Waals surface area contributed by atoms with Gasteiger partial charge in [0.2, 0.25) is 15.9 Å². The van der Waals surface area contributed by atoms with Crippen LogP contribution in [0.4, 0.5) is 10.1 Å². The van der Waals surface area contributed by atoms with Crippen molar-refractivity contribution >= 4 is 38.4 Å². The SMILES string of the molecule is CCc1ccc2c(c1)c(-c1ccc[nH]c1=O)c(C(=O)NS(C)(=O)=O)n2Cc1cc(NC(C)=O)ccc1F. The van der Waals surface area contributed by atoms with Crippen LogP contribution in [0.15, 0.2) is 59.5 Å². The van der Waals surface area contributed by atoms with Gasteiger partial charge in [0.1, 0.15) is 11.5 Å². The van der Waals surface area contributed by atoms with Crippen LogP contribution < -0.4 is 15.6 Å². The Kier molecular flexibility index (Phi) is 6.99. The number of amides is 2. The number of aryl methyl sites for hydroxylation is 1. The van der Waals surface area contributed by atoms with E-state index in [1.165, 1.54) is 42.0 Å². The summed E-state index contributed by atoms with van der Waals surface area (Å²) in [6.45, 7) is 3.09. The van der Waals surface area contributed by atoms with Crippen LogP contribution in [0.2, 0.25) is 0 Å². The summed E-state index contributed by atoms with van der Waals surface area (Å²) >= 11 is 0. The standard InChI is InChI=1S/C26H25FN4O5S/c1-4-16-7-10-22-20(12-16)23(19-6-5-11-28-25(19)33)24(26(34)30-37(3,35)36)31(22)14-17-13-18(29-15(2)32)8-9-21(17)27/h5-13H,4,14H2,1-3H3,(H,28,33)(H,29,32)(H,30,34). The number of aromatic amines is 1. The molecule has 2 aromatic carbocycles. The van der Waals surface area contributed by atoms with Crippen LogP contribution in [-0.4, -0.2) is 36.0 Å². The number of benzene rings is 2. The number of carbonyl (C=O) groups is 2. The average Bonchev–Trinajstić information content (AvgIpc) is 3.13. The highest BCUT2D eigenvalue weighted by atomic mass is 32.2. The predicted molar refractivity (Wildman–Crippen MR) is 139 cm³/mol. The number of rotatable bonds is 7. The fourth-order valence-corrected chi connectivity index (χ4v) is 4.71. The summed E-state index contributed by atoms with van der Waals surface area (Å²) in [6.07, 6.45) is 2.96. The molecule has 11 heteroatoms. The predicted octanol–water partition coefficient (Wildman–Crippen LogP) is 3.39. The van der Waals surface area contributed by atoms with E-state index in [2.05, 4.69) is 10.3 Å². The topological polar surface area (TPSA) is 130 Å². The van der Waals surface area contributed by atoms with Gasteiger partial charge in [0.05, 0.1) is 12.8 Å². The van der Waals surface area contributed by atoms with Crippen molar-refractivity contribution in [3.05, 3.63) is 87.7 Å². The molecule has 0 radical (unpaired) electrons. The molecule has 0 fully saturated rings. The molecule has 0 saturated heterocycles. The van der Waals surface area contributed by atoms with Gasteiger partial charge in [-0.1, -0.05) is 13.0 Å². The normalized spacial score (nSPS) is 11.5. The molecule has 3 N–H and O–H groups in total. The lowest BCUT2D eigenvalue weighted by atomic mass is 10.0. The van der Waals surface area contributed by atoms with Gasteiger partial charge in [-0.3, -0.25) is 14.4 Å². The Morgan fingerprint density at radius 2 is 1.86 bits per heavy atom. The summed E-state index contributed by atoms with van der Waals surface area (Å²) in [5.41, 5.74) is 1.72. The van der Waals surface area contributed by atoms with E-state index < -0.39 is 27.3 Å². The lowest BCUT2D eigenvalue weighted by Gasteiger charge is -2.14. The van der Waals surface area contributed by atoms with Crippen LogP contribution in [0.25, 0.3) is 22.0 Å². The average molecular weight is 525 g/mol. The number of halogens is 1. The van der Waals surface area contributed by atoms with Gasteiger partial charge >= 0.3 is 0 Å². The maximum absolute atomic E-state index is 14.9. The highest BCUT2D eigenvalue weighted by Crippen LogP contribution is 2.35. The van der Waals surface area contributed by atoms with Gasteiger partial charge in [0.25, 0.3) is 11.5 Å². The Hall–Kier alpha value is -4.25. The highest BCUT2D eigenvalue weighted by molar-refractivity contribution is 7.89. The zero-order chi connectivity index (χ0) is 26.9. The molecule has 0 aliphatic rings. The smallest absolute Gasteiger partial charge is 0.282 e. The Bertz CT molecular complexity index is 1710. The number of nitrogens with one attached hydrogen (secondary N) is 3. The lowest BCUT2D eigenvalue weighted by molar-refractivity contribution is -0.114. The molecule has 4 rings (SSSR count). The highest BCUT2D eigenvalue weighted by Gasteiger charge is 2.27. The molecule has 9 nitrogen and oxygen atoms in total. The van der Waals surface area contributed by atoms with E-state index in [1.807, 2.05) is 23.8 Å². The van der Waals surface area contributed by atoms with Crippen molar-refractivity contribution in [2.45, 2.75) is 26.8 Å². The number of sulfonamides is 1. The molecule has 2 heterocycles. The van der Waals surface area contributed by atoms with Crippen LogP contribution in [0, 0.1) is 5.82 Å². The number of hydrogen-bond donors (Lipinski definition) is 3. The van der Waals surface area contributed by atoms with E-state index in [0.29, 0.717) is 23.0 Å². The molecule has 0 saturated carbocycles. The molecule has 0 atom stereocenters. The first kappa shape index (κ1) is 25.8. The molecule has 0 spiro atoms. The Labute approximate surface area is 212 Å². The van der Waals surface area contributed by atoms with E-state index in [-0.39, 0.29) is 34.8 Å². The minimum absolute atomic E-state index is 0.116. The van der Waals surface area contributed by atoms with Crippen molar-refractivity contribution in [1.82, 2.24) is 14.3 Å². The summed E-state index contributed by atoms with van der Waals surface area (Å²) in [5, 5.41) is 3.13. The van der Waals surface area contributed by atoms with Gasteiger partial charge in [0.15, 0.2) is 0 Å². The van der Waals surface area contributed by atoms with Crippen molar-refractivity contribution in [3.8, 4) is 11.1 Å². The summed E-state index contributed by atoms with van der Waals surface area (Å²) in [4.78, 5) is 40.4. The zero-order valence-electron chi connectivity index (χ0n) is 20.4. The van der Waals surface area contributed by atoms with Crippen LogP contribution in [0.3, 0.4) is 0 Å². The fraction of sp³-hybridized carbons (Fsp3) is 0.192. The third-order valence-electron chi connectivity index (χ3n) is 5.81. The first-order valence-corrected chi connectivity index (χ1v) is 13.3. The monoisotopic (exact) mass is 524 g/mol. The zero-order valence-corrected chi connectivity index (χ0v) is 21.2. The van der Waals surface area contributed by atoms with Gasteiger partial charge < -0.3 is 14.9 Å². The molecule has 2 amide bonds. The third kappa shape index (κ3) is 5.46. The molecule has 0 aliphatic carbocycles. The van der Waals surface area contributed by atoms with Crippen molar-refractivity contribution in [1.29, 1.82) is 0 Å². The van der Waals surface area contributed by atoms with Gasteiger partial charge in [-0.2, -0.15) is 0 Å². The van der Waals surface area contributed by atoms with E-state index in [0.717, 1.165) is 11.8 Å². The quantitative estimate of drug-likeness (QED) is 0.341. The number of nitrogens with zero attached hydrogens (tertiary/aromatic N) is 1. The fourth-order valence-electron chi connectivity index (χ4n) is 4.28. The van der Waals surface area contributed by atoms with Crippen LogP contribution in [-0.2, 0) is 27.8 Å². The largest absolute Gasteiger partial charge is 0.331 e. The second-order valence-corrected chi connectivity index (χ2v) is 10.4. The number of fused-ring (bicyclic) bond motifs is 1. The van der Waals surface area contributed by atoms with Crippen LogP contribution in [0.5, 0.6) is 0 Å². The molecule has 4 aromatic rings.